The number of rotatable bonds is 6. The largest absolute Gasteiger partial charge is 0.477 e. The van der Waals surface area contributed by atoms with Crippen LogP contribution in [0, 0.1) is 0 Å². The molecule has 0 amide bonds. The first kappa shape index (κ1) is 12.5. The summed E-state index contributed by atoms with van der Waals surface area (Å²) in [5.41, 5.74) is 0. The Balaban J connectivity index is 1.70. The van der Waals surface area contributed by atoms with Crippen molar-refractivity contribution in [3.63, 3.8) is 0 Å². The third-order valence-electron chi connectivity index (χ3n) is 2.93. The molecular weight excluding hydrogens is 238 g/mol. The molecule has 94 valence electrons. The molecule has 0 spiro atoms. The molecule has 1 aliphatic rings. The lowest BCUT2D eigenvalue weighted by Gasteiger charge is -2.35. The van der Waals surface area contributed by atoms with E-state index in [-0.39, 0.29) is 0 Å². The SMILES string of the molecule is CCOC1CC(NCc2ccc(C(=O)O)s2)C1. The van der Waals surface area contributed by atoms with Crippen LogP contribution in [-0.4, -0.2) is 29.8 Å². The summed E-state index contributed by atoms with van der Waals surface area (Å²) in [5.74, 6) is -0.846. The van der Waals surface area contributed by atoms with Gasteiger partial charge >= 0.3 is 5.97 Å². The molecule has 2 N–H and O–H groups in total. The van der Waals surface area contributed by atoms with Crippen molar-refractivity contribution < 1.29 is 14.6 Å². The van der Waals surface area contributed by atoms with E-state index in [1.165, 1.54) is 11.3 Å². The number of nitrogens with one attached hydrogen (secondary N) is 1. The van der Waals surface area contributed by atoms with Crippen molar-refractivity contribution in [3.05, 3.63) is 21.9 Å². The highest BCUT2D eigenvalue weighted by Crippen LogP contribution is 2.24. The molecule has 0 aromatic carbocycles. The Hall–Kier alpha value is -0.910. The fourth-order valence-corrected chi connectivity index (χ4v) is 2.73. The number of carboxylic acids is 1. The van der Waals surface area contributed by atoms with Crippen molar-refractivity contribution in [2.75, 3.05) is 6.61 Å². The molecule has 17 heavy (non-hydrogen) atoms. The number of carboxylic acid groups (broad SMARTS) is 1. The van der Waals surface area contributed by atoms with E-state index in [2.05, 4.69) is 5.32 Å². The van der Waals surface area contributed by atoms with E-state index >= 15 is 0 Å². The van der Waals surface area contributed by atoms with E-state index in [0.717, 1.165) is 30.9 Å². The van der Waals surface area contributed by atoms with Gasteiger partial charge in [0.2, 0.25) is 0 Å². The Morgan fingerprint density at radius 1 is 1.59 bits per heavy atom. The van der Waals surface area contributed by atoms with E-state index in [1.807, 2.05) is 13.0 Å². The van der Waals surface area contributed by atoms with Crippen LogP contribution in [0.2, 0.25) is 0 Å². The van der Waals surface area contributed by atoms with Gasteiger partial charge in [-0.2, -0.15) is 0 Å². The molecular formula is C12H17NO3S. The van der Waals surface area contributed by atoms with Crippen molar-refractivity contribution in [2.24, 2.45) is 0 Å². The van der Waals surface area contributed by atoms with Crippen LogP contribution >= 0.6 is 11.3 Å². The minimum atomic E-state index is -0.846. The average molecular weight is 255 g/mol. The van der Waals surface area contributed by atoms with Gasteiger partial charge in [0.05, 0.1) is 6.10 Å². The maximum Gasteiger partial charge on any atom is 0.345 e. The minimum Gasteiger partial charge on any atom is -0.477 e. The normalized spacial score (nSPS) is 23.4. The quantitative estimate of drug-likeness (QED) is 0.817. The smallest absolute Gasteiger partial charge is 0.345 e. The number of thiophene rings is 1. The summed E-state index contributed by atoms with van der Waals surface area (Å²) in [6.07, 6.45) is 2.53. The van der Waals surface area contributed by atoms with Gasteiger partial charge in [-0.05, 0) is 31.9 Å². The van der Waals surface area contributed by atoms with Crippen LogP contribution in [0.3, 0.4) is 0 Å². The molecule has 1 aromatic heterocycles. The first-order valence-electron chi connectivity index (χ1n) is 5.86. The maximum atomic E-state index is 10.7. The molecule has 0 atom stereocenters. The van der Waals surface area contributed by atoms with Gasteiger partial charge in [0.25, 0.3) is 0 Å². The summed E-state index contributed by atoms with van der Waals surface area (Å²) < 4.78 is 5.48. The van der Waals surface area contributed by atoms with Crippen LogP contribution in [0.25, 0.3) is 0 Å². The molecule has 4 nitrogen and oxygen atoms in total. The van der Waals surface area contributed by atoms with Gasteiger partial charge in [-0.25, -0.2) is 4.79 Å². The number of hydrogen-bond donors (Lipinski definition) is 2. The summed E-state index contributed by atoms with van der Waals surface area (Å²) >= 11 is 1.34. The summed E-state index contributed by atoms with van der Waals surface area (Å²) in [6.45, 7) is 3.55. The molecule has 2 rings (SSSR count). The lowest BCUT2D eigenvalue weighted by molar-refractivity contribution is -0.0101. The van der Waals surface area contributed by atoms with Gasteiger partial charge in [-0.3, -0.25) is 0 Å². The lowest BCUT2D eigenvalue weighted by Crippen LogP contribution is -2.44. The molecule has 1 fully saturated rings. The van der Waals surface area contributed by atoms with Crippen LogP contribution in [0.4, 0.5) is 0 Å². The van der Waals surface area contributed by atoms with E-state index in [9.17, 15) is 4.79 Å². The Morgan fingerprint density at radius 3 is 2.94 bits per heavy atom. The predicted molar refractivity (Wildman–Crippen MR) is 66.6 cm³/mol. The van der Waals surface area contributed by atoms with Gasteiger partial charge in [0.15, 0.2) is 0 Å². The molecule has 0 saturated heterocycles. The zero-order valence-electron chi connectivity index (χ0n) is 9.81. The zero-order valence-corrected chi connectivity index (χ0v) is 10.6. The second kappa shape index (κ2) is 5.62. The predicted octanol–water partition coefficient (Wildman–Crippen LogP) is 2.10. The highest BCUT2D eigenvalue weighted by atomic mass is 32.1. The van der Waals surface area contributed by atoms with Crippen molar-refractivity contribution in [1.82, 2.24) is 5.32 Å². The van der Waals surface area contributed by atoms with Crippen LogP contribution < -0.4 is 5.32 Å². The number of carbonyl (C=O) groups is 1. The van der Waals surface area contributed by atoms with Crippen LogP contribution in [0.5, 0.6) is 0 Å². The minimum absolute atomic E-state index is 0.405. The number of hydrogen-bond acceptors (Lipinski definition) is 4. The van der Waals surface area contributed by atoms with Gasteiger partial charge in [-0.15, -0.1) is 11.3 Å². The summed E-state index contributed by atoms with van der Waals surface area (Å²) in [6, 6.07) is 4.05. The van der Waals surface area contributed by atoms with E-state index in [0.29, 0.717) is 17.0 Å². The standard InChI is InChI=1S/C12H17NO3S/c1-2-16-9-5-8(6-9)13-7-10-3-4-11(17-10)12(14)15/h3-4,8-9,13H,2,5-7H2,1H3,(H,14,15). The Kier molecular flexibility index (Phi) is 4.15. The topological polar surface area (TPSA) is 58.6 Å². The molecule has 1 aliphatic carbocycles. The fraction of sp³-hybridized carbons (Fsp3) is 0.583. The van der Waals surface area contributed by atoms with E-state index in [4.69, 9.17) is 9.84 Å². The molecule has 0 radical (unpaired) electrons. The molecule has 0 unspecified atom stereocenters. The third-order valence-corrected chi connectivity index (χ3v) is 4.01. The average Bonchev–Trinajstić information content (AvgIpc) is 2.70. The maximum absolute atomic E-state index is 10.7. The Morgan fingerprint density at radius 2 is 2.35 bits per heavy atom. The van der Waals surface area contributed by atoms with Gasteiger partial charge < -0.3 is 15.2 Å². The second-order valence-electron chi connectivity index (χ2n) is 4.20. The van der Waals surface area contributed by atoms with Crippen molar-refractivity contribution in [3.8, 4) is 0 Å². The molecule has 1 heterocycles. The fourth-order valence-electron chi connectivity index (χ4n) is 1.94. The molecule has 1 saturated carbocycles. The molecule has 0 aliphatic heterocycles. The summed E-state index contributed by atoms with van der Waals surface area (Å²) in [5, 5.41) is 12.2. The highest BCUT2D eigenvalue weighted by molar-refractivity contribution is 7.13. The third kappa shape index (κ3) is 3.28. The number of aromatic carboxylic acids is 1. The van der Waals surface area contributed by atoms with E-state index < -0.39 is 5.97 Å². The molecule has 0 bridgehead atoms. The first-order valence-corrected chi connectivity index (χ1v) is 6.67. The monoisotopic (exact) mass is 255 g/mol. The second-order valence-corrected chi connectivity index (χ2v) is 5.37. The Labute approximate surface area is 105 Å². The lowest BCUT2D eigenvalue weighted by atomic mass is 9.89. The van der Waals surface area contributed by atoms with Crippen molar-refractivity contribution in [1.29, 1.82) is 0 Å². The van der Waals surface area contributed by atoms with Crippen LogP contribution in [0.15, 0.2) is 12.1 Å². The van der Waals surface area contributed by atoms with Gasteiger partial charge in [0.1, 0.15) is 4.88 Å². The van der Waals surface area contributed by atoms with Crippen LogP contribution in [-0.2, 0) is 11.3 Å². The zero-order chi connectivity index (χ0) is 12.3. The number of ether oxygens (including phenoxy) is 1. The van der Waals surface area contributed by atoms with Crippen molar-refractivity contribution in [2.45, 2.75) is 38.5 Å². The molecule has 5 heteroatoms. The van der Waals surface area contributed by atoms with Crippen molar-refractivity contribution >= 4 is 17.3 Å². The van der Waals surface area contributed by atoms with Crippen LogP contribution in [0.1, 0.15) is 34.3 Å². The summed E-state index contributed by atoms with van der Waals surface area (Å²) in [7, 11) is 0. The Bertz CT molecular complexity index is 385. The summed E-state index contributed by atoms with van der Waals surface area (Å²) in [4.78, 5) is 12.2. The first-order chi connectivity index (χ1) is 8.19. The highest BCUT2D eigenvalue weighted by Gasteiger charge is 2.28. The van der Waals surface area contributed by atoms with E-state index in [1.54, 1.807) is 6.07 Å². The van der Waals surface area contributed by atoms with Gasteiger partial charge in [0, 0.05) is 24.1 Å². The molecule has 1 aromatic rings. The van der Waals surface area contributed by atoms with Gasteiger partial charge in [-0.1, -0.05) is 0 Å².